The highest BCUT2D eigenvalue weighted by Gasteiger charge is 2.36. The van der Waals surface area contributed by atoms with E-state index in [-0.39, 0.29) is 17.4 Å². The fourth-order valence-electron chi connectivity index (χ4n) is 5.13. The molecule has 1 aliphatic heterocycles. The van der Waals surface area contributed by atoms with Crippen LogP contribution in [0.4, 0.5) is 5.82 Å². The lowest BCUT2D eigenvalue weighted by atomic mass is 9.74. The highest BCUT2D eigenvalue weighted by molar-refractivity contribution is 6.00. The molecular weight excluding hydrogens is 370 g/mol. The van der Waals surface area contributed by atoms with Gasteiger partial charge in [0.2, 0.25) is 0 Å². The summed E-state index contributed by atoms with van der Waals surface area (Å²) in [6, 6.07) is 0.189. The van der Waals surface area contributed by atoms with E-state index in [0.29, 0.717) is 11.8 Å². The molecule has 0 aromatic carbocycles. The molecule has 0 unspecified atom stereocenters. The number of nitrogens with one attached hydrogen (secondary N) is 1. The van der Waals surface area contributed by atoms with Crippen molar-refractivity contribution in [1.29, 1.82) is 0 Å². The SMILES string of the molecule is C/C=C\C(=C/C)[C@H]1CC(C)(C)n2ncc(C(=O)CCCC(CC)(CC)CCC)c2N1. The first-order chi connectivity index (χ1) is 14.3. The van der Waals surface area contributed by atoms with Crippen LogP contribution in [0.25, 0.3) is 0 Å². The van der Waals surface area contributed by atoms with E-state index in [0.717, 1.165) is 30.6 Å². The van der Waals surface area contributed by atoms with Gasteiger partial charge in [0, 0.05) is 6.42 Å². The van der Waals surface area contributed by atoms with Crippen molar-refractivity contribution < 1.29 is 4.79 Å². The third kappa shape index (κ3) is 5.25. The average molecular weight is 414 g/mol. The van der Waals surface area contributed by atoms with Gasteiger partial charge in [0.05, 0.1) is 23.3 Å². The van der Waals surface area contributed by atoms with Gasteiger partial charge in [-0.2, -0.15) is 5.10 Å². The van der Waals surface area contributed by atoms with Crippen molar-refractivity contribution in [3.63, 3.8) is 0 Å². The zero-order chi connectivity index (χ0) is 22.4. The van der Waals surface area contributed by atoms with Gasteiger partial charge in [-0.1, -0.05) is 58.3 Å². The number of fused-ring (bicyclic) bond motifs is 1. The minimum absolute atomic E-state index is 0.139. The minimum atomic E-state index is -0.139. The van der Waals surface area contributed by atoms with Gasteiger partial charge < -0.3 is 5.32 Å². The van der Waals surface area contributed by atoms with Gasteiger partial charge in [-0.25, -0.2) is 4.68 Å². The van der Waals surface area contributed by atoms with Crippen molar-refractivity contribution in [2.45, 2.75) is 111 Å². The summed E-state index contributed by atoms with van der Waals surface area (Å²) in [7, 11) is 0. The maximum absolute atomic E-state index is 13.2. The number of rotatable bonds is 11. The standard InChI is InChI=1S/C26H43N3O/c1-8-14-20(10-3)22-18-25(6,7)29-24(28-22)21(19-27-29)23(30)15-13-17-26(11-4,12-5)16-9-2/h8,10,14,19,22,28H,9,11-13,15-18H2,1-7H3/b14-8-,20-10+/t22-/m1/s1. The molecule has 0 amide bonds. The predicted octanol–water partition coefficient (Wildman–Crippen LogP) is 7.28. The third-order valence-electron chi connectivity index (χ3n) is 7.14. The molecule has 1 aromatic heterocycles. The molecule has 1 aromatic rings. The zero-order valence-electron chi connectivity index (χ0n) is 20.3. The number of nitrogens with zero attached hydrogens (tertiary/aromatic N) is 2. The van der Waals surface area contributed by atoms with Gasteiger partial charge in [-0.05, 0) is 64.4 Å². The van der Waals surface area contributed by atoms with Crippen molar-refractivity contribution >= 4 is 11.6 Å². The Labute approximate surface area is 184 Å². The Kier molecular flexibility index (Phi) is 8.52. The number of carbonyl (C=O) groups is 1. The van der Waals surface area contributed by atoms with Crippen molar-refractivity contribution in [2.24, 2.45) is 5.41 Å². The summed E-state index contributed by atoms with van der Waals surface area (Å²) >= 11 is 0. The van der Waals surface area contributed by atoms with E-state index in [1.807, 2.05) is 11.6 Å². The minimum Gasteiger partial charge on any atom is -0.363 e. The number of hydrogen-bond acceptors (Lipinski definition) is 3. The van der Waals surface area contributed by atoms with Gasteiger partial charge in [0.15, 0.2) is 5.78 Å². The summed E-state index contributed by atoms with van der Waals surface area (Å²) in [6.45, 7) is 15.4. The van der Waals surface area contributed by atoms with Crippen LogP contribution in [0.5, 0.6) is 0 Å². The molecule has 168 valence electrons. The molecule has 0 radical (unpaired) electrons. The quantitative estimate of drug-likeness (QED) is 0.306. The summed E-state index contributed by atoms with van der Waals surface area (Å²) in [5.74, 6) is 1.10. The largest absolute Gasteiger partial charge is 0.363 e. The van der Waals surface area contributed by atoms with E-state index in [4.69, 9.17) is 0 Å². The maximum atomic E-state index is 13.2. The fourth-order valence-corrected chi connectivity index (χ4v) is 5.13. The van der Waals surface area contributed by atoms with Crippen LogP contribution in [0.1, 0.15) is 110 Å². The Balaban J connectivity index is 2.17. The second-order valence-corrected chi connectivity index (χ2v) is 9.55. The molecule has 0 bridgehead atoms. The molecule has 0 saturated carbocycles. The van der Waals surface area contributed by atoms with Crippen LogP contribution in [-0.2, 0) is 5.54 Å². The molecule has 1 N–H and O–H groups in total. The third-order valence-corrected chi connectivity index (χ3v) is 7.14. The number of anilines is 1. The Hall–Kier alpha value is -1.84. The van der Waals surface area contributed by atoms with Crippen molar-refractivity contribution in [2.75, 3.05) is 5.32 Å². The van der Waals surface area contributed by atoms with Gasteiger partial charge in [0.25, 0.3) is 0 Å². The van der Waals surface area contributed by atoms with Crippen LogP contribution in [0.2, 0.25) is 0 Å². The molecule has 4 heteroatoms. The Morgan fingerprint density at radius 2 is 1.97 bits per heavy atom. The van der Waals surface area contributed by atoms with E-state index >= 15 is 0 Å². The highest BCUT2D eigenvalue weighted by Crippen LogP contribution is 2.39. The monoisotopic (exact) mass is 413 g/mol. The predicted molar refractivity (Wildman–Crippen MR) is 128 cm³/mol. The van der Waals surface area contributed by atoms with Crippen LogP contribution in [0, 0.1) is 5.41 Å². The summed E-state index contributed by atoms with van der Waals surface area (Å²) in [5, 5.41) is 8.24. The molecule has 0 aliphatic carbocycles. The van der Waals surface area contributed by atoms with E-state index < -0.39 is 0 Å². The number of allylic oxidation sites excluding steroid dienone is 2. The molecule has 0 fully saturated rings. The second-order valence-electron chi connectivity index (χ2n) is 9.55. The van der Waals surface area contributed by atoms with Gasteiger partial charge in [-0.3, -0.25) is 4.79 Å². The summed E-state index contributed by atoms with van der Waals surface area (Å²) in [5.41, 5.74) is 2.26. The first-order valence-electron chi connectivity index (χ1n) is 11.9. The number of hydrogen-bond donors (Lipinski definition) is 1. The number of aromatic nitrogens is 2. The molecule has 2 heterocycles. The van der Waals surface area contributed by atoms with Crippen LogP contribution >= 0.6 is 0 Å². The molecule has 30 heavy (non-hydrogen) atoms. The highest BCUT2D eigenvalue weighted by atomic mass is 16.1. The van der Waals surface area contributed by atoms with Crippen LogP contribution < -0.4 is 5.32 Å². The molecule has 1 aliphatic rings. The topological polar surface area (TPSA) is 46.9 Å². The normalized spacial score (nSPS) is 19.0. The lowest BCUT2D eigenvalue weighted by Gasteiger charge is -2.38. The lowest BCUT2D eigenvalue weighted by Crippen LogP contribution is -2.42. The van der Waals surface area contributed by atoms with E-state index in [1.54, 1.807) is 6.20 Å². The lowest BCUT2D eigenvalue weighted by molar-refractivity contribution is 0.0970. The number of Topliss-reactive ketones (excluding diaryl/α,β-unsaturated/α-hetero) is 1. The number of carbonyl (C=O) groups excluding carboxylic acids is 1. The Morgan fingerprint density at radius 3 is 2.53 bits per heavy atom. The van der Waals surface area contributed by atoms with E-state index in [9.17, 15) is 4.79 Å². The number of ketones is 1. The summed E-state index contributed by atoms with van der Waals surface area (Å²) in [6.07, 6.45) is 16.7. The van der Waals surface area contributed by atoms with E-state index in [2.05, 4.69) is 70.2 Å². The van der Waals surface area contributed by atoms with Gasteiger partial charge in [-0.15, -0.1) is 0 Å². The smallest absolute Gasteiger partial charge is 0.168 e. The van der Waals surface area contributed by atoms with E-state index in [1.165, 1.54) is 31.3 Å². The summed E-state index contributed by atoms with van der Waals surface area (Å²) in [4.78, 5) is 13.2. The molecule has 4 nitrogen and oxygen atoms in total. The second kappa shape index (κ2) is 10.5. The first kappa shape index (κ1) is 24.4. The molecule has 2 rings (SSSR count). The van der Waals surface area contributed by atoms with Crippen LogP contribution in [0.15, 0.2) is 30.0 Å². The maximum Gasteiger partial charge on any atom is 0.168 e. The molecule has 0 saturated heterocycles. The molecular formula is C26H43N3O. The average Bonchev–Trinajstić information content (AvgIpc) is 3.16. The van der Waals surface area contributed by atoms with Gasteiger partial charge in [0.1, 0.15) is 5.82 Å². The first-order valence-corrected chi connectivity index (χ1v) is 11.9. The zero-order valence-corrected chi connectivity index (χ0v) is 20.3. The van der Waals surface area contributed by atoms with Gasteiger partial charge >= 0.3 is 0 Å². The van der Waals surface area contributed by atoms with Crippen LogP contribution in [-0.4, -0.2) is 21.6 Å². The Bertz CT molecular complexity index is 765. The molecule has 1 atom stereocenters. The molecule has 0 spiro atoms. The van der Waals surface area contributed by atoms with Crippen LogP contribution in [0.3, 0.4) is 0 Å². The fraction of sp³-hybridized carbons (Fsp3) is 0.692. The van der Waals surface area contributed by atoms with Crippen molar-refractivity contribution in [1.82, 2.24) is 9.78 Å². The van der Waals surface area contributed by atoms with Crippen molar-refractivity contribution in [3.8, 4) is 0 Å². The Morgan fingerprint density at radius 1 is 1.27 bits per heavy atom. The van der Waals surface area contributed by atoms with Crippen molar-refractivity contribution in [3.05, 3.63) is 35.6 Å². The summed E-state index contributed by atoms with van der Waals surface area (Å²) < 4.78 is 2.01.